The van der Waals surface area contributed by atoms with Gasteiger partial charge in [0.2, 0.25) is 10.0 Å². The number of sulfonamides is 1. The van der Waals surface area contributed by atoms with E-state index in [1.807, 2.05) is 0 Å². The van der Waals surface area contributed by atoms with Crippen LogP contribution in [0.3, 0.4) is 0 Å². The van der Waals surface area contributed by atoms with Crippen LogP contribution in [0.5, 0.6) is 0 Å². The molecule has 1 unspecified atom stereocenters. The van der Waals surface area contributed by atoms with Crippen LogP contribution in [0.2, 0.25) is 5.02 Å². The van der Waals surface area contributed by atoms with Crippen molar-refractivity contribution in [2.45, 2.75) is 30.4 Å². The summed E-state index contributed by atoms with van der Waals surface area (Å²) in [4.78, 5) is 12.1. The summed E-state index contributed by atoms with van der Waals surface area (Å²) in [5.74, 6) is 0.173. The molecule has 140 valence electrons. The Kier molecular flexibility index (Phi) is 5.98. The number of carbonyl (C=O) groups excluding carboxylic acids is 1. The largest absolute Gasteiger partial charge is 0.467 e. The maximum Gasteiger partial charge on any atom is 0.251 e. The predicted octanol–water partition coefficient (Wildman–Crippen LogP) is 2.32. The molecule has 2 heterocycles. The Balaban J connectivity index is 1.70. The molecular formula is C17H19ClN2O5S. The second kappa shape index (κ2) is 8.22. The van der Waals surface area contributed by atoms with Crippen LogP contribution in [0, 0.1) is 0 Å². The molecule has 3 rings (SSSR count). The Labute approximate surface area is 156 Å². The molecule has 0 radical (unpaired) electrons. The second-order valence-electron chi connectivity index (χ2n) is 5.89. The Morgan fingerprint density at radius 1 is 1.31 bits per heavy atom. The van der Waals surface area contributed by atoms with E-state index in [0.717, 1.165) is 12.8 Å². The first-order chi connectivity index (χ1) is 12.5. The first-order valence-corrected chi connectivity index (χ1v) is 10.0. The summed E-state index contributed by atoms with van der Waals surface area (Å²) in [5, 5.41) is 2.71. The fourth-order valence-corrected chi connectivity index (χ4v) is 4.21. The minimum atomic E-state index is -3.85. The monoisotopic (exact) mass is 398 g/mol. The van der Waals surface area contributed by atoms with Crippen LogP contribution in [0.1, 0.15) is 29.0 Å². The molecule has 2 N–H and O–H groups in total. The first kappa shape index (κ1) is 18.9. The van der Waals surface area contributed by atoms with Crippen LogP contribution >= 0.6 is 11.6 Å². The number of amides is 1. The van der Waals surface area contributed by atoms with E-state index in [1.54, 1.807) is 12.1 Å². The third kappa shape index (κ3) is 4.64. The highest BCUT2D eigenvalue weighted by molar-refractivity contribution is 7.89. The smallest absolute Gasteiger partial charge is 0.251 e. The minimum absolute atomic E-state index is 0.0485. The number of halogens is 1. The molecule has 1 aromatic heterocycles. The average molecular weight is 399 g/mol. The zero-order valence-electron chi connectivity index (χ0n) is 13.9. The van der Waals surface area contributed by atoms with E-state index in [-0.39, 0.29) is 34.7 Å². The number of hydrogen-bond acceptors (Lipinski definition) is 5. The van der Waals surface area contributed by atoms with Gasteiger partial charge in [0, 0.05) is 18.7 Å². The van der Waals surface area contributed by atoms with Crippen molar-refractivity contribution in [3.63, 3.8) is 0 Å². The van der Waals surface area contributed by atoms with E-state index in [4.69, 9.17) is 20.8 Å². The van der Waals surface area contributed by atoms with Crippen molar-refractivity contribution in [1.82, 2.24) is 10.0 Å². The Hall–Kier alpha value is -1.87. The van der Waals surface area contributed by atoms with Gasteiger partial charge in [0.1, 0.15) is 10.7 Å². The molecule has 1 saturated heterocycles. The fraction of sp³-hybridized carbons (Fsp3) is 0.353. The van der Waals surface area contributed by atoms with Gasteiger partial charge in [-0.2, -0.15) is 0 Å². The van der Waals surface area contributed by atoms with E-state index >= 15 is 0 Å². The molecule has 0 saturated carbocycles. The van der Waals surface area contributed by atoms with Gasteiger partial charge in [0.15, 0.2) is 0 Å². The summed E-state index contributed by atoms with van der Waals surface area (Å²) < 4.78 is 38.1. The zero-order valence-corrected chi connectivity index (χ0v) is 15.5. The molecule has 9 heteroatoms. The van der Waals surface area contributed by atoms with Crippen LogP contribution in [0.15, 0.2) is 45.9 Å². The van der Waals surface area contributed by atoms with Crippen LogP contribution in [-0.4, -0.2) is 33.6 Å². The zero-order chi connectivity index (χ0) is 18.6. The van der Waals surface area contributed by atoms with Crippen LogP contribution < -0.4 is 10.0 Å². The summed E-state index contributed by atoms with van der Waals surface area (Å²) in [6.45, 7) is 1.01. The first-order valence-electron chi connectivity index (χ1n) is 8.17. The van der Waals surface area contributed by atoms with E-state index in [9.17, 15) is 13.2 Å². The number of carbonyl (C=O) groups is 1. The van der Waals surface area contributed by atoms with Crippen molar-refractivity contribution < 1.29 is 22.4 Å². The Morgan fingerprint density at radius 2 is 2.15 bits per heavy atom. The van der Waals surface area contributed by atoms with Crippen molar-refractivity contribution in [3.8, 4) is 0 Å². The minimum Gasteiger partial charge on any atom is -0.467 e. The summed E-state index contributed by atoms with van der Waals surface area (Å²) >= 11 is 6.04. The summed E-state index contributed by atoms with van der Waals surface area (Å²) in [6, 6.07) is 7.57. The van der Waals surface area contributed by atoms with Crippen molar-refractivity contribution in [2.75, 3.05) is 13.2 Å². The standard InChI is InChI=1S/C17H19ClN2O5S/c18-15-6-5-12(17(21)19-10-13-3-1-7-24-13)9-16(15)26(22,23)20-11-14-4-2-8-25-14/h1,3,5-7,9,14,20H,2,4,8,10-11H2,(H,19,21). The number of benzene rings is 1. The van der Waals surface area contributed by atoms with Crippen molar-refractivity contribution >= 4 is 27.5 Å². The molecule has 1 fully saturated rings. The number of ether oxygens (including phenoxy) is 1. The lowest BCUT2D eigenvalue weighted by molar-refractivity contribution is 0.0947. The van der Waals surface area contributed by atoms with Gasteiger partial charge in [-0.15, -0.1) is 0 Å². The van der Waals surface area contributed by atoms with Gasteiger partial charge in [0.05, 0.1) is 23.9 Å². The second-order valence-corrected chi connectivity index (χ2v) is 8.04. The maximum atomic E-state index is 12.5. The molecule has 1 atom stereocenters. The third-order valence-electron chi connectivity index (χ3n) is 4.01. The molecule has 7 nitrogen and oxygen atoms in total. The molecule has 1 aromatic carbocycles. The highest BCUT2D eigenvalue weighted by atomic mass is 35.5. The molecule has 0 spiro atoms. The lowest BCUT2D eigenvalue weighted by Crippen LogP contribution is -2.32. The quantitative estimate of drug-likeness (QED) is 0.745. The van der Waals surface area contributed by atoms with Gasteiger partial charge in [0.25, 0.3) is 5.91 Å². The Bertz CT molecular complexity index is 861. The van der Waals surface area contributed by atoms with Gasteiger partial charge in [-0.3, -0.25) is 4.79 Å². The van der Waals surface area contributed by atoms with Crippen molar-refractivity contribution in [1.29, 1.82) is 0 Å². The van der Waals surface area contributed by atoms with Crippen LogP contribution in [0.4, 0.5) is 0 Å². The number of furan rings is 1. The van der Waals surface area contributed by atoms with Crippen LogP contribution in [0.25, 0.3) is 0 Å². The van der Waals surface area contributed by atoms with Crippen LogP contribution in [-0.2, 0) is 21.3 Å². The molecule has 1 aliphatic rings. The van der Waals surface area contributed by atoms with Gasteiger partial charge < -0.3 is 14.5 Å². The van der Waals surface area contributed by atoms with Crippen molar-refractivity contribution in [2.24, 2.45) is 0 Å². The normalized spacial score (nSPS) is 17.3. The lowest BCUT2D eigenvalue weighted by atomic mass is 10.2. The van der Waals surface area contributed by atoms with E-state index in [1.165, 1.54) is 24.5 Å². The topological polar surface area (TPSA) is 97.6 Å². The van der Waals surface area contributed by atoms with Gasteiger partial charge in [-0.1, -0.05) is 11.6 Å². The average Bonchev–Trinajstić information content (AvgIpc) is 3.32. The van der Waals surface area contributed by atoms with E-state index < -0.39 is 15.9 Å². The number of hydrogen-bond donors (Lipinski definition) is 2. The number of nitrogens with one attached hydrogen (secondary N) is 2. The fourth-order valence-electron chi connectivity index (χ4n) is 2.62. The molecule has 1 aliphatic heterocycles. The summed E-state index contributed by atoms with van der Waals surface area (Å²) in [5.41, 5.74) is 0.193. The molecule has 2 aromatic rings. The molecule has 0 bridgehead atoms. The van der Waals surface area contributed by atoms with Gasteiger partial charge in [-0.25, -0.2) is 13.1 Å². The highest BCUT2D eigenvalue weighted by Gasteiger charge is 2.23. The molecule has 1 amide bonds. The Morgan fingerprint density at radius 3 is 2.85 bits per heavy atom. The SMILES string of the molecule is O=C(NCc1ccco1)c1ccc(Cl)c(S(=O)(=O)NCC2CCCO2)c1. The molecule has 26 heavy (non-hydrogen) atoms. The van der Waals surface area contributed by atoms with Crippen molar-refractivity contribution in [3.05, 3.63) is 52.9 Å². The van der Waals surface area contributed by atoms with Gasteiger partial charge in [-0.05, 0) is 43.2 Å². The summed E-state index contributed by atoms with van der Waals surface area (Å²) in [6.07, 6.45) is 3.10. The summed E-state index contributed by atoms with van der Waals surface area (Å²) in [7, 11) is -3.85. The van der Waals surface area contributed by atoms with E-state index in [2.05, 4.69) is 10.0 Å². The predicted molar refractivity (Wildman–Crippen MR) is 95.5 cm³/mol. The lowest BCUT2D eigenvalue weighted by Gasteiger charge is -2.13. The van der Waals surface area contributed by atoms with Gasteiger partial charge >= 0.3 is 0 Å². The molecule has 0 aliphatic carbocycles. The van der Waals surface area contributed by atoms with E-state index in [0.29, 0.717) is 12.4 Å². The highest BCUT2D eigenvalue weighted by Crippen LogP contribution is 2.23. The third-order valence-corrected chi connectivity index (χ3v) is 5.92. The number of rotatable bonds is 7. The molecular weight excluding hydrogens is 380 g/mol. The maximum absolute atomic E-state index is 12.5.